The van der Waals surface area contributed by atoms with Gasteiger partial charge in [0.25, 0.3) is 0 Å². The molecule has 3 atom stereocenters. The molecule has 0 saturated heterocycles. The minimum atomic E-state index is -3.14. The van der Waals surface area contributed by atoms with Gasteiger partial charge >= 0.3 is 12.0 Å². The van der Waals surface area contributed by atoms with Gasteiger partial charge in [-0.2, -0.15) is 0 Å². The molecule has 0 spiro atoms. The van der Waals surface area contributed by atoms with Gasteiger partial charge in [-0.05, 0) is 26.2 Å². The van der Waals surface area contributed by atoms with E-state index in [4.69, 9.17) is 5.11 Å². The summed E-state index contributed by atoms with van der Waals surface area (Å²) in [4.78, 5) is 22.4. The van der Waals surface area contributed by atoms with Gasteiger partial charge in [0.15, 0.2) is 0 Å². The molecular weight excluding hydrogens is 272 g/mol. The van der Waals surface area contributed by atoms with Crippen LogP contribution in [-0.4, -0.2) is 49.6 Å². The van der Waals surface area contributed by atoms with Crippen LogP contribution in [0, 0.1) is 5.92 Å². The van der Waals surface area contributed by atoms with Crippen LogP contribution in [0.15, 0.2) is 0 Å². The van der Waals surface area contributed by atoms with Crippen molar-refractivity contribution in [1.82, 2.24) is 10.6 Å². The topological polar surface area (TPSA) is 113 Å². The van der Waals surface area contributed by atoms with Gasteiger partial charge in [0, 0.05) is 18.3 Å². The summed E-state index contributed by atoms with van der Waals surface area (Å²) in [6, 6.07) is -1.09. The number of carboxylic acid groups (broad SMARTS) is 1. The van der Waals surface area contributed by atoms with Crippen molar-refractivity contribution < 1.29 is 23.1 Å². The van der Waals surface area contributed by atoms with Crippen LogP contribution in [0.25, 0.3) is 0 Å². The summed E-state index contributed by atoms with van der Waals surface area (Å²) in [5.41, 5.74) is 0. The lowest BCUT2D eigenvalue weighted by Crippen LogP contribution is -2.46. The molecule has 19 heavy (non-hydrogen) atoms. The van der Waals surface area contributed by atoms with E-state index in [-0.39, 0.29) is 11.8 Å². The number of carboxylic acids is 1. The quantitative estimate of drug-likeness (QED) is 0.659. The first kappa shape index (κ1) is 15.7. The largest absolute Gasteiger partial charge is 0.481 e. The molecule has 0 aromatic rings. The molecule has 1 saturated carbocycles. The number of nitrogens with one attached hydrogen (secondary N) is 2. The van der Waals surface area contributed by atoms with Crippen molar-refractivity contribution in [3.63, 3.8) is 0 Å². The Kier molecular flexibility index (Phi) is 5.16. The summed E-state index contributed by atoms with van der Waals surface area (Å²) in [7, 11) is -3.14. The second-order valence-corrected chi connectivity index (χ2v) is 7.34. The highest BCUT2D eigenvalue weighted by molar-refractivity contribution is 7.90. The maximum absolute atomic E-state index is 11.6. The SMILES string of the molecule is CC(CS(C)(=O)=O)NC(=O)N[C@H]1CC[C@@H](C(=O)O)C1. The zero-order valence-corrected chi connectivity index (χ0v) is 11.9. The highest BCUT2D eigenvalue weighted by Gasteiger charge is 2.30. The van der Waals surface area contributed by atoms with Crippen molar-refractivity contribution >= 4 is 21.8 Å². The molecule has 1 unspecified atom stereocenters. The first-order valence-electron chi connectivity index (χ1n) is 6.15. The molecule has 7 nitrogen and oxygen atoms in total. The van der Waals surface area contributed by atoms with Gasteiger partial charge in [-0.1, -0.05) is 0 Å². The Bertz CT molecular complexity index is 448. The van der Waals surface area contributed by atoms with E-state index in [0.717, 1.165) is 6.26 Å². The van der Waals surface area contributed by atoms with Gasteiger partial charge in [-0.25, -0.2) is 13.2 Å². The van der Waals surface area contributed by atoms with Gasteiger partial charge in [-0.15, -0.1) is 0 Å². The predicted molar refractivity (Wildman–Crippen MR) is 69.6 cm³/mol. The third-order valence-electron chi connectivity index (χ3n) is 3.05. The number of carbonyl (C=O) groups is 2. The number of carbonyl (C=O) groups excluding carboxylic acids is 1. The number of rotatable bonds is 5. The van der Waals surface area contributed by atoms with Crippen molar-refractivity contribution in [2.45, 2.75) is 38.3 Å². The minimum Gasteiger partial charge on any atom is -0.481 e. The van der Waals surface area contributed by atoms with E-state index in [1.807, 2.05) is 0 Å². The van der Waals surface area contributed by atoms with Crippen molar-refractivity contribution in [2.75, 3.05) is 12.0 Å². The van der Waals surface area contributed by atoms with Crippen LogP contribution in [0.5, 0.6) is 0 Å². The van der Waals surface area contributed by atoms with Crippen molar-refractivity contribution in [2.24, 2.45) is 5.92 Å². The molecule has 3 N–H and O–H groups in total. The number of amides is 2. The number of hydrogen-bond acceptors (Lipinski definition) is 4. The fraction of sp³-hybridized carbons (Fsp3) is 0.818. The van der Waals surface area contributed by atoms with E-state index < -0.39 is 33.8 Å². The molecular formula is C11H20N2O5S. The third-order valence-corrected chi connectivity index (χ3v) is 4.15. The molecule has 1 rings (SSSR count). The van der Waals surface area contributed by atoms with Gasteiger partial charge in [0.1, 0.15) is 9.84 Å². The fourth-order valence-electron chi connectivity index (χ4n) is 2.28. The standard InChI is InChI=1S/C11H20N2O5S/c1-7(6-19(2,17)18)12-11(16)13-9-4-3-8(5-9)10(14)15/h7-9H,3-6H2,1-2H3,(H,14,15)(H2,12,13,16)/t7?,8-,9+/m1/s1. The molecule has 1 aliphatic rings. The van der Waals surface area contributed by atoms with Crippen LogP contribution in [0.4, 0.5) is 4.79 Å². The van der Waals surface area contributed by atoms with Crippen LogP contribution >= 0.6 is 0 Å². The average Bonchev–Trinajstić information content (AvgIpc) is 2.62. The second-order valence-electron chi connectivity index (χ2n) is 5.16. The van der Waals surface area contributed by atoms with Gasteiger partial charge in [0.2, 0.25) is 0 Å². The molecule has 2 amide bonds. The van der Waals surface area contributed by atoms with E-state index in [1.54, 1.807) is 6.92 Å². The lowest BCUT2D eigenvalue weighted by Gasteiger charge is -2.17. The molecule has 1 fully saturated rings. The number of hydrogen-bond donors (Lipinski definition) is 3. The smallest absolute Gasteiger partial charge is 0.315 e. The molecule has 0 aliphatic heterocycles. The van der Waals surface area contributed by atoms with E-state index in [9.17, 15) is 18.0 Å². The van der Waals surface area contributed by atoms with Crippen LogP contribution in [-0.2, 0) is 14.6 Å². The lowest BCUT2D eigenvalue weighted by molar-refractivity contribution is -0.141. The Balaban J connectivity index is 2.34. The van der Waals surface area contributed by atoms with Crippen LogP contribution < -0.4 is 10.6 Å². The van der Waals surface area contributed by atoms with Gasteiger partial charge in [-0.3, -0.25) is 4.79 Å². The molecule has 0 heterocycles. The van der Waals surface area contributed by atoms with Crippen LogP contribution in [0.3, 0.4) is 0 Å². The summed E-state index contributed by atoms with van der Waals surface area (Å²) < 4.78 is 22.1. The molecule has 0 bridgehead atoms. The molecule has 0 radical (unpaired) electrons. The highest BCUT2D eigenvalue weighted by atomic mass is 32.2. The Morgan fingerprint density at radius 1 is 1.37 bits per heavy atom. The Morgan fingerprint density at radius 2 is 2.00 bits per heavy atom. The number of aliphatic carboxylic acids is 1. The Labute approximate surface area is 112 Å². The van der Waals surface area contributed by atoms with Crippen molar-refractivity contribution in [3.05, 3.63) is 0 Å². The summed E-state index contributed by atoms with van der Waals surface area (Å²) in [6.45, 7) is 1.61. The zero-order valence-electron chi connectivity index (χ0n) is 11.0. The maximum Gasteiger partial charge on any atom is 0.315 e. The normalized spacial score (nSPS) is 24.7. The van der Waals surface area contributed by atoms with E-state index in [1.165, 1.54) is 0 Å². The summed E-state index contributed by atoms with van der Waals surface area (Å²) in [6.07, 6.45) is 2.71. The third kappa shape index (κ3) is 5.91. The maximum atomic E-state index is 11.6. The van der Waals surface area contributed by atoms with E-state index in [0.29, 0.717) is 19.3 Å². The first-order chi connectivity index (χ1) is 8.67. The van der Waals surface area contributed by atoms with Crippen molar-refractivity contribution in [1.29, 1.82) is 0 Å². The summed E-state index contributed by atoms with van der Waals surface area (Å²) in [5, 5.41) is 14.0. The fourth-order valence-corrected chi connectivity index (χ4v) is 3.28. The van der Waals surface area contributed by atoms with E-state index in [2.05, 4.69) is 10.6 Å². The van der Waals surface area contributed by atoms with E-state index >= 15 is 0 Å². The lowest BCUT2D eigenvalue weighted by atomic mass is 10.1. The van der Waals surface area contributed by atoms with Crippen LogP contribution in [0.2, 0.25) is 0 Å². The Morgan fingerprint density at radius 3 is 2.47 bits per heavy atom. The first-order valence-corrected chi connectivity index (χ1v) is 8.21. The predicted octanol–water partition coefficient (Wildman–Crippen LogP) is -0.0280. The number of urea groups is 1. The second kappa shape index (κ2) is 6.23. The van der Waals surface area contributed by atoms with Crippen LogP contribution in [0.1, 0.15) is 26.2 Å². The molecule has 8 heteroatoms. The summed E-state index contributed by atoms with van der Waals surface area (Å²) >= 11 is 0. The van der Waals surface area contributed by atoms with Gasteiger partial charge < -0.3 is 15.7 Å². The minimum absolute atomic E-state index is 0.122. The molecule has 0 aromatic heterocycles. The monoisotopic (exact) mass is 292 g/mol. The molecule has 110 valence electrons. The summed E-state index contributed by atoms with van der Waals surface area (Å²) in [5.74, 6) is -1.36. The van der Waals surface area contributed by atoms with Crippen molar-refractivity contribution in [3.8, 4) is 0 Å². The zero-order chi connectivity index (χ0) is 14.6. The molecule has 0 aromatic carbocycles. The average molecular weight is 292 g/mol. The highest BCUT2D eigenvalue weighted by Crippen LogP contribution is 2.25. The molecule has 1 aliphatic carbocycles. The number of sulfone groups is 1. The van der Waals surface area contributed by atoms with Gasteiger partial charge in [0.05, 0.1) is 11.7 Å². The Hall–Kier alpha value is -1.31.